The lowest BCUT2D eigenvalue weighted by molar-refractivity contribution is 0.948. The summed E-state index contributed by atoms with van der Waals surface area (Å²) in [4.78, 5) is 8.48. The van der Waals surface area contributed by atoms with Gasteiger partial charge in [0, 0.05) is 22.6 Å². The van der Waals surface area contributed by atoms with Crippen molar-refractivity contribution in [1.82, 2.24) is 9.97 Å². The number of nitrogen functional groups attached to an aromatic ring is 1. The van der Waals surface area contributed by atoms with E-state index >= 15 is 0 Å². The number of aryl methyl sites for hydroxylation is 1. The minimum Gasteiger partial charge on any atom is -0.384 e. The van der Waals surface area contributed by atoms with Crippen LogP contribution in [0.4, 0.5) is 17.3 Å². The molecule has 0 aliphatic carbocycles. The molecule has 0 spiro atoms. The first-order chi connectivity index (χ1) is 8.17. The van der Waals surface area contributed by atoms with E-state index in [0.717, 1.165) is 28.2 Å². The van der Waals surface area contributed by atoms with E-state index in [1.807, 2.05) is 31.2 Å². The highest BCUT2D eigenvalue weighted by Gasteiger charge is 2.01. The molecule has 0 aliphatic rings. The highest BCUT2D eigenvalue weighted by molar-refractivity contribution is 9.10. The van der Waals surface area contributed by atoms with Crippen LogP contribution in [-0.2, 0) is 6.42 Å². The van der Waals surface area contributed by atoms with Crippen LogP contribution >= 0.6 is 15.9 Å². The van der Waals surface area contributed by atoms with Crippen LogP contribution in [0.5, 0.6) is 0 Å². The molecule has 1 heterocycles. The molecule has 5 heteroatoms. The number of hydrogen-bond acceptors (Lipinski definition) is 4. The van der Waals surface area contributed by atoms with Gasteiger partial charge in [0.15, 0.2) is 0 Å². The molecule has 2 rings (SSSR count). The Bertz CT molecular complexity index is 510. The molecule has 0 fully saturated rings. The number of hydrogen-bond donors (Lipinski definition) is 2. The third-order valence-corrected chi connectivity index (χ3v) is 2.75. The Balaban J connectivity index is 2.23. The molecule has 1 aromatic heterocycles. The van der Waals surface area contributed by atoms with Crippen molar-refractivity contribution in [3.05, 3.63) is 40.6 Å². The van der Waals surface area contributed by atoms with E-state index < -0.39 is 0 Å². The average Bonchev–Trinajstić information content (AvgIpc) is 2.31. The predicted molar refractivity (Wildman–Crippen MR) is 73.2 cm³/mol. The van der Waals surface area contributed by atoms with E-state index in [1.54, 1.807) is 6.07 Å². The van der Waals surface area contributed by atoms with E-state index in [2.05, 4.69) is 31.2 Å². The first kappa shape index (κ1) is 11.9. The Morgan fingerprint density at radius 2 is 1.94 bits per heavy atom. The van der Waals surface area contributed by atoms with E-state index in [-0.39, 0.29) is 0 Å². The van der Waals surface area contributed by atoms with Gasteiger partial charge in [0.25, 0.3) is 0 Å². The summed E-state index contributed by atoms with van der Waals surface area (Å²) in [5.41, 5.74) is 6.68. The Morgan fingerprint density at radius 3 is 2.59 bits per heavy atom. The number of benzene rings is 1. The van der Waals surface area contributed by atoms with E-state index in [1.165, 1.54) is 0 Å². The van der Waals surface area contributed by atoms with E-state index in [4.69, 9.17) is 5.73 Å². The molecule has 0 saturated heterocycles. The molecule has 4 nitrogen and oxygen atoms in total. The maximum absolute atomic E-state index is 5.71. The lowest BCUT2D eigenvalue weighted by atomic mass is 10.3. The topological polar surface area (TPSA) is 63.8 Å². The highest BCUT2D eigenvalue weighted by atomic mass is 79.9. The molecule has 0 unspecified atom stereocenters. The lowest BCUT2D eigenvalue weighted by Gasteiger charge is -2.07. The van der Waals surface area contributed by atoms with Gasteiger partial charge in [-0.2, -0.15) is 0 Å². The average molecular weight is 293 g/mol. The fourth-order valence-corrected chi connectivity index (χ4v) is 1.69. The largest absolute Gasteiger partial charge is 0.384 e. The van der Waals surface area contributed by atoms with Crippen LogP contribution in [0.1, 0.15) is 12.7 Å². The summed E-state index contributed by atoms with van der Waals surface area (Å²) in [6.07, 6.45) is 0.764. The summed E-state index contributed by atoms with van der Waals surface area (Å²) >= 11 is 3.39. The van der Waals surface area contributed by atoms with Crippen LogP contribution in [0, 0.1) is 0 Å². The van der Waals surface area contributed by atoms with Gasteiger partial charge < -0.3 is 11.1 Å². The van der Waals surface area contributed by atoms with Gasteiger partial charge >= 0.3 is 0 Å². The van der Waals surface area contributed by atoms with Crippen LogP contribution in [0.3, 0.4) is 0 Å². The molecule has 0 saturated carbocycles. The second-order valence-electron chi connectivity index (χ2n) is 3.58. The number of nitrogens with zero attached hydrogens (tertiary/aromatic N) is 2. The van der Waals surface area contributed by atoms with Crippen molar-refractivity contribution >= 4 is 33.3 Å². The number of aromatic nitrogens is 2. The van der Waals surface area contributed by atoms with Crippen molar-refractivity contribution < 1.29 is 0 Å². The monoisotopic (exact) mass is 292 g/mol. The summed E-state index contributed by atoms with van der Waals surface area (Å²) in [6.45, 7) is 2.00. The van der Waals surface area contributed by atoms with Crippen molar-refractivity contribution in [3.63, 3.8) is 0 Å². The van der Waals surface area contributed by atoms with Crippen molar-refractivity contribution in [2.24, 2.45) is 0 Å². The SMILES string of the molecule is CCc1nc(N)cc(Nc2ccc(Br)cc2)n1. The summed E-state index contributed by atoms with van der Waals surface area (Å²) in [6, 6.07) is 9.59. The van der Waals surface area contributed by atoms with Gasteiger partial charge in [-0.05, 0) is 24.3 Å². The summed E-state index contributed by atoms with van der Waals surface area (Å²) < 4.78 is 1.04. The van der Waals surface area contributed by atoms with Crippen molar-refractivity contribution in [2.75, 3.05) is 11.1 Å². The number of halogens is 1. The van der Waals surface area contributed by atoms with Gasteiger partial charge in [0.2, 0.25) is 0 Å². The number of rotatable bonds is 3. The van der Waals surface area contributed by atoms with Gasteiger partial charge in [-0.25, -0.2) is 9.97 Å². The Labute approximate surface area is 108 Å². The summed E-state index contributed by atoms with van der Waals surface area (Å²) in [5, 5.41) is 3.19. The standard InChI is InChI=1S/C12H13BrN4/c1-2-11-16-10(14)7-12(17-11)15-9-5-3-8(13)4-6-9/h3-7H,2H2,1H3,(H3,14,15,16,17). The molecule has 0 bridgehead atoms. The van der Waals surface area contributed by atoms with Crippen molar-refractivity contribution in [3.8, 4) is 0 Å². The van der Waals surface area contributed by atoms with Crippen molar-refractivity contribution in [2.45, 2.75) is 13.3 Å². The third-order valence-electron chi connectivity index (χ3n) is 2.23. The molecule has 3 N–H and O–H groups in total. The molecular weight excluding hydrogens is 280 g/mol. The van der Waals surface area contributed by atoms with Gasteiger partial charge in [-0.15, -0.1) is 0 Å². The Morgan fingerprint density at radius 1 is 1.24 bits per heavy atom. The van der Waals surface area contributed by atoms with Crippen LogP contribution < -0.4 is 11.1 Å². The molecular formula is C12H13BrN4. The van der Waals surface area contributed by atoms with Crippen LogP contribution in [0.25, 0.3) is 0 Å². The van der Waals surface area contributed by atoms with E-state index in [0.29, 0.717) is 5.82 Å². The normalized spacial score (nSPS) is 10.2. The summed E-state index contributed by atoms with van der Waals surface area (Å²) in [5.74, 6) is 1.94. The molecule has 1 aromatic carbocycles. The molecule has 17 heavy (non-hydrogen) atoms. The van der Waals surface area contributed by atoms with E-state index in [9.17, 15) is 0 Å². The second kappa shape index (κ2) is 5.14. The minimum absolute atomic E-state index is 0.483. The van der Waals surface area contributed by atoms with Crippen LogP contribution in [0.15, 0.2) is 34.8 Å². The van der Waals surface area contributed by atoms with Crippen LogP contribution in [0.2, 0.25) is 0 Å². The van der Waals surface area contributed by atoms with Gasteiger partial charge in [-0.3, -0.25) is 0 Å². The van der Waals surface area contributed by atoms with Gasteiger partial charge in [-0.1, -0.05) is 22.9 Å². The zero-order valence-corrected chi connectivity index (χ0v) is 11.0. The molecule has 88 valence electrons. The molecule has 0 atom stereocenters. The maximum atomic E-state index is 5.71. The van der Waals surface area contributed by atoms with Gasteiger partial charge in [0.1, 0.15) is 17.5 Å². The maximum Gasteiger partial charge on any atom is 0.136 e. The van der Waals surface area contributed by atoms with Gasteiger partial charge in [0.05, 0.1) is 0 Å². The predicted octanol–water partition coefficient (Wildman–Crippen LogP) is 3.13. The highest BCUT2D eigenvalue weighted by Crippen LogP contribution is 2.19. The quantitative estimate of drug-likeness (QED) is 0.912. The molecule has 2 aromatic rings. The first-order valence-corrected chi connectivity index (χ1v) is 6.12. The zero-order chi connectivity index (χ0) is 12.3. The Hall–Kier alpha value is -1.62. The first-order valence-electron chi connectivity index (χ1n) is 5.33. The van der Waals surface area contributed by atoms with Crippen LogP contribution in [-0.4, -0.2) is 9.97 Å². The molecule has 0 radical (unpaired) electrons. The number of anilines is 3. The number of nitrogens with one attached hydrogen (secondary N) is 1. The molecule has 0 amide bonds. The zero-order valence-electron chi connectivity index (χ0n) is 9.44. The smallest absolute Gasteiger partial charge is 0.136 e. The molecule has 0 aliphatic heterocycles. The number of nitrogens with two attached hydrogens (primary N) is 1. The minimum atomic E-state index is 0.483. The van der Waals surface area contributed by atoms with Crippen molar-refractivity contribution in [1.29, 1.82) is 0 Å². The fourth-order valence-electron chi connectivity index (χ4n) is 1.42. The third kappa shape index (κ3) is 3.17. The Kier molecular flexibility index (Phi) is 3.58. The summed E-state index contributed by atoms with van der Waals surface area (Å²) in [7, 11) is 0. The fraction of sp³-hybridized carbons (Fsp3) is 0.167. The lowest BCUT2D eigenvalue weighted by Crippen LogP contribution is -2.02. The second-order valence-corrected chi connectivity index (χ2v) is 4.50.